The molecule has 3 heteroatoms. The van der Waals surface area contributed by atoms with Crippen LogP contribution in [0.1, 0.15) is 25.5 Å². The average Bonchev–Trinajstić information content (AvgIpc) is 2.26. The molecule has 2 nitrogen and oxygen atoms in total. The normalized spacial score (nSPS) is 15.3. The minimum Gasteiger partial charge on any atom is -0.396 e. The molecule has 0 fully saturated rings. The molecule has 0 aromatic heterocycles. The van der Waals surface area contributed by atoms with Crippen molar-refractivity contribution in [2.75, 3.05) is 20.7 Å². The quantitative estimate of drug-likeness (QED) is 0.874. The molecule has 1 rings (SSSR count). The zero-order valence-electron chi connectivity index (χ0n) is 11.0. The highest BCUT2D eigenvalue weighted by Crippen LogP contribution is 2.32. The van der Waals surface area contributed by atoms with Crippen LogP contribution in [0.2, 0.25) is 5.02 Å². The Balaban J connectivity index is 3.03. The number of aliphatic hydroxyl groups excluding tert-OH is 1. The van der Waals surface area contributed by atoms with E-state index in [1.54, 1.807) is 0 Å². The molecular formula is C14H22ClNO. The van der Waals surface area contributed by atoms with Gasteiger partial charge in [0, 0.05) is 23.6 Å². The Bertz CT molecular complexity index is 335. The maximum absolute atomic E-state index is 9.58. The largest absolute Gasteiger partial charge is 0.396 e. The molecule has 0 aliphatic rings. The van der Waals surface area contributed by atoms with Gasteiger partial charge in [0.2, 0.25) is 0 Å². The fourth-order valence-corrected chi connectivity index (χ4v) is 2.39. The topological polar surface area (TPSA) is 23.5 Å². The molecule has 1 aromatic rings. The maximum Gasteiger partial charge on any atom is 0.0480 e. The van der Waals surface area contributed by atoms with Crippen molar-refractivity contribution in [2.45, 2.75) is 19.9 Å². The van der Waals surface area contributed by atoms with Gasteiger partial charge in [-0.15, -0.1) is 0 Å². The molecule has 17 heavy (non-hydrogen) atoms. The summed E-state index contributed by atoms with van der Waals surface area (Å²) in [5.74, 6) is 0.661. The van der Waals surface area contributed by atoms with Crippen molar-refractivity contribution < 1.29 is 5.11 Å². The van der Waals surface area contributed by atoms with Gasteiger partial charge in [0.05, 0.1) is 0 Å². The van der Waals surface area contributed by atoms with Gasteiger partial charge < -0.3 is 10.0 Å². The second-order valence-electron chi connectivity index (χ2n) is 5.05. The maximum atomic E-state index is 9.58. The van der Waals surface area contributed by atoms with Crippen molar-refractivity contribution in [3.8, 4) is 0 Å². The zero-order chi connectivity index (χ0) is 13.0. The molecular weight excluding hydrogens is 234 g/mol. The lowest BCUT2D eigenvalue weighted by Gasteiger charge is -2.34. The number of benzene rings is 1. The van der Waals surface area contributed by atoms with Gasteiger partial charge >= 0.3 is 0 Å². The summed E-state index contributed by atoms with van der Waals surface area (Å²) in [5.41, 5.74) is 1.20. The highest BCUT2D eigenvalue weighted by molar-refractivity contribution is 6.30. The number of rotatable bonds is 5. The van der Waals surface area contributed by atoms with Crippen LogP contribution in [0.4, 0.5) is 0 Å². The molecule has 0 aliphatic carbocycles. The number of aliphatic hydroxyl groups is 1. The minimum absolute atomic E-state index is 0.198. The minimum atomic E-state index is 0.198. The summed E-state index contributed by atoms with van der Waals surface area (Å²) in [4.78, 5) is 2.16. The fraction of sp³-hybridized carbons (Fsp3) is 0.571. The summed E-state index contributed by atoms with van der Waals surface area (Å²) in [5, 5.41) is 10.3. The molecule has 0 bridgehead atoms. The summed E-state index contributed by atoms with van der Waals surface area (Å²) < 4.78 is 0. The first kappa shape index (κ1) is 14.5. The number of hydrogen-bond acceptors (Lipinski definition) is 2. The standard InChI is InChI=1S/C14H22ClNO/c1-10(2)13(9-17)14(16(3)4)11-5-7-12(15)8-6-11/h5-8,10,13-14,17H,9H2,1-4H3. The van der Waals surface area contributed by atoms with Crippen LogP contribution in [0.5, 0.6) is 0 Å². The van der Waals surface area contributed by atoms with Crippen molar-refractivity contribution in [3.63, 3.8) is 0 Å². The lowest BCUT2D eigenvalue weighted by Crippen LogP contribution is -2.32. The molecule has 0 heterocycles. The average molecular weight is 256 g/mol. The SMILES string of the molecule is CC(C)C(CO)C(c1ccc(Cl)cc1)N(C)C. The third kappa shape index (κ3) is 3.70. The van der Waals surface area contributed by atoms with Gasteiger partial charge in [-0.2, -0.15) is 0 Å². The van der Waals surface area contributed by atoms with Gasteiger partial charge in [-0.05, 0) is 37.7 Å². The zero-order valence-corrected chi connectivity index (χ0v) is 11.8. The van der Waals surface area contributed by atoms with Gasteiger partial charge in [0.1, 0.15) is 0 Å². The second-order valence-corrected chi connectivity index (χ2v) is 5.49. The first-order valence-electron chi connectivity index (χ1n) is 6.00. The molecule has 1 N–H and O–H groups in total. The van der Waals surface area contributed by atoms with E-state index in [1.165, 1.54) is 5.56 Å². The van der Waals surface area contributed by atoms with Crippen LogP contribution in [0.3, 0.4) is 0 Å². The Kier molecular flexibility index (Phi) is 5.44. The van der Waals surface area contributed by atoms with Gasteiger partial charge in [-0.25, -0.2) is 0 Å². The first-order chi connectivity index (χ1) is 7.97. The molecule has 0 saturated heterocycles. The summed E-state index contributed by atoms with van der Waals surface area (Å²) in [6.45, 7) is 4.49. The van der Waals surface area contributed by atoms with E-state index in [0.29, 0.717) is 5.92 Å². The van der Waals surface area contributed by atoms with Crippen LogP contribution in [-0.4, -0.2) is 30.7 Å². The molecule has 1 aromatic carbocycles. The highest BCUT2D eigenvalue weighted by atomic mass is 35.5. The van der Waals surface area contributed by atoms with E-state index in [9.17, 15) is 5.11 Å². The lowest BCUT2D eigenvalue weighted by atomic mass is 9.84. The van der Waals surface area contributed by atoms with E-state index in [-0.39, 0.29) is 18.6 Å². The third-order valence-electron chi connectivity index (χ3n) is 3.24. The van der Waals surface area contributed by atoms with Crippen LogP contribution in [0.15, 0.2) is 24.3 Å². The number of halogens is 1. The van der Waals surface area contributed by atoms with Crippen LogP contribution < -0.4 is 0 Å². The highest BCUT2D eigenvalue weighted by Gasteiger charge is 2.27. The Morgan fingerprint density at radius 3 is 2.06 bits per heavy atom. The molecule has 0 saturated carbocycles. The molecule has 0 aliphatic heterocycles. The smallest absolute Gasteiger partial charge is 0.0480 e. The molecule has 2 unspecified atom stereocenters. The second kappa shape index (κ2) is 6.39. The van der Waals surface area contributed by atoms with Crippen LogP contribution in [-0.2, 0) is 0 Å². The number of hydrogen-bond donors (Lipinski definition) is 1. The Labute approximate surface area is 109 Å². The van der Waals surface area contributed by atoms with E-state index >= 15 is 0 Å². The van der Waals surface area contributed by atoms with E-state index in [1.807, 2.05) is 38.4 Å². The third-order valence-corrected chi connectivity index (χ3v) is 3.49. The van der Waals surface area contributed by atoms with Crippen LogP contribution in [0, 0.1) is 11.8 Å². The Hall–Kier alpha value is -0.570. The molecule has 2 atom stereocenters. The van der Waals surface area contributed by atoms with E-state index in [2.05, 4.69) is 18.7 Å². The van der Waals surface area contributed by atoms with Gasteiger partial charge in [0.25, 0.3) is 0 Å². The van der Waals surface area contributed by atoms with Crippen LogP contribution in [0.25, 0.3) is 0 Å². The summed E-state index contributed by atoms with van der Waals surface area (Å²) >= 11 is 5.91. The first-order valence-corrected chi connectivity index (χ1v) is 6.38. The summed E-state index contributed by atoms with van der Waals surface area (Å²) in [6, 6.07) is 8.11. The van der Waals surface area contributed by atoms with Gasteiger partial charge in [0.15, 0.2) is 0 Å². The predicted molar refractivity (Wildman–Crippen MR) is 73.3 cm³/mol. The molecule has 0 spiro atoms. The Morgan fingerprint density at radius 1 is 1.18 bits per heavy atom. The summed E-state index contributed by atoms with van der Waals surface area (Å²) in [6.07, 6.45) is 0. The van der Waals surface area contributed by atoms with Gasteiger partial charge in [-0.1, -0.05) is 37.6 Å². The van der Waals surface area contributed by atoms with E-state index in [4.69, 9.17) is 11.6 Å². The summed E-state index contributed by atoms with van der Waals surface area (Å²) in [7, 11) is 4.09. The van der Waals surface area contributed by atoms with Crippen molar-refractivity contribution >= 4 is 11.6 Å². The molecule has 0 radical (unpaired) electrons. The van der Waals surface area contributed by atoms with Crippen molar-refractivity contribution in [3.05, 3.63) is 34.9 Å². The molecule has 96 valence electrons. The lowest BCUT2D eigenvalue weighted by molar-refractivity contribution is 0.100. The van der Waals surface area contributed by atoms with E-state index in [0.717, 1.165) is 5.02 Å². The number of nitrogens with zero attached hydrogens (tertiary/aromatic N) is 1. The fourth-order valence-electron chi connectivity index (χ4n) is 2.26. The van der Waals surface area contributed by atoms with Crippen molar-refractivity contribution in [2.24, 2.45) is 11.8 Å². The van der Waals surface area contributed by atoms with Crippen molar-refractivity contribution in [1.29, 1.82) is 0 Å². The van der Waals surface area contributed by atoms with Crippen molar-refractivity contribution in [1.82, 2.24) is 4.90 Å². The van der Waals surface area contributed by atoms with E-state index < -0.39 is 0 Å². The monoisotopic (exact) mass is 255 g/mol. The Morgan fingerprint density at radius 2 is 1.71 bits per heavy atom. The molecule has 0 amide bonds. The van der Waals surface area contributed by atoms with Gasteiger partial charge in [-0.3, -0.25) is 0 Å². The predicted octanol–water partition coefficient (Wildman–Crippen LogP) is 3.21. The van der Waals surface area contributed by atoms with Crippen LogP contribution >= 0.6 is 11.6 Å².